The third-order valence-corrected chi connectivity index (χ3v) is 3.57. The monoisotopic (exact) mass is 313 g/mol. The van der Waals surface area contributed by atoms with E-state index in [0.29, 0.717) is 27.7 Å². The van der Waals surface area contributed by atoms with Gasteiger partial charge in [0.1, 0.15) is 0 Å². The SMILES string of the molecule is CC(C)C(c1nc(-c2cc(Cl)cc(Cl)c2)no1)C(C)N. The third kappa shape index (κ3) is 3.32. The molecule has 0 saturated heterocycles. The molecule has 0 saturated carbocycles. The van der Waals surface area contributed by atoms with Crippen LogP contribution in [0.1, 0.15) is 32.6 Å². The van der Waals surface area contributed by atoms with E-state index in [4.69, 9.17) is 33.5 Å². The Morgan fingerprint density at radius 2 is 1.70 bits per heavy atom. The van der Waals surface area contributed by atoms with E-state index in [1.165, 1.54) is 0 Å². The standard InChI is InChI=1S/C14H17Cl2N3O/c1-7(2)12(8(3)17)14-18-13(19-20-14)9-4-10(15)6-11(16)5-9/h4-8,12H,17H2,1-3H3. The molecule has 2 rings (SSSR count). The number of aromatic nitrogens is 2. The van der Waals surface area contributed by atoms with Gasteiger partial charge in [0.2, 0.25) is 11.7 Å². The minimum atomic E-state index is -0.0637. The number of nitrogens with two attached hydrogens (primary N) is 1. The van der Waals surface area contributed by atoms with Crippen molar-refractivity contribution in [3.63, 3.8) is 0 Å². The highest BCUT2D eigenvalue weighted by atomic mass is 35.5. The average Bonchev–Trinajstić information content (AvgIpc) is 2.75. The van der Waals surface area contributed by atoms with Crippen molar-refractivity contribution in [3.05, 3.63) is 34.1 Å². The summed E-state index contributed by atoms with van der Waals surface area (Å²) < 4.78 is 5.36. The van der Waals surface area contributed by atoms with Crippen LogP contribution in [0.3, 0.4) is 0 Å². The molecule has 2 N–H and O–H groups in total. The van der Waals surface area contributed by atoms with Crippen LogP contribution >= 0.6 is 23.2 Å². The van der Waals surface area contributed by atoms with Crippen LogP contribution in [-0.4, -0.2) is 16.2 Å². The Bertz CT molecular complexity index is 568. The molecule has 0 amide bonds. The third-order valence-electron chi connectivity index (χ3n) is 3.13. The molecule has 0 fully saturated rings. The lowest BCUT2D eigenvalue weighted by Crippen LogP contribution is -2.28. The average molecular weight is 314 g/mol. The lowest BCUT2D eigenvalue weighted by molar-refractivity contribution is 0.300. The van der Waals surface area contributed by atoms with E-state index >= 15 is 0 Å². The molecular formula is C14H17Cl2N3O. The van der Waals surface area contributed by atoms with E-state index in [-0.39, 0.29) is 12.0 Å². The molecule has 1 aromatic carbocycles. The first-order chi connectivity index (χ1) is 9.38. The number of benzene rings is 1. The van der Waals surface area contributed by atoms with Gasteiger partial charge in [-0.05, 0) is 31.0 Å². The van der Waals surface area contributed by atoms with Crippen LogP contribution in [0, 0.1) is 5.92 Å². The molecule has 4 nitrogen and oxygen atoms in total. The zero-order valence-electron chi connectivity index (χ0n) is 11.6. The van der Waals surface area contributed by atoms with Crippen LogP contribution in [0.2, 0.25) is 10.0 Å². The fourth-order valence-corrected chi connectivity index (χ4v) is 2.81. The van der Waals surface area contributed by atoms with Gasteiger partial charge in [-0.25, -0.2) is 0 Å². The van der Waals surface area contributed by atoms with Crippen molar-refractivity contribution in [3.8, 4) is 11.4 Å². The molecule has 2 atom stereocenters. The van der Waals surface area contributed by atoms with Gasteiger partial charge in [0.05, 0.1) is 5.92 Å². The molecule has 0 aliphatic rings. The van der Waals surface area contributed by atoms with Gasteiger partial charge in [0, 0.05) is 21.7 Å². The maximum atomic E-state index is 6.00. The smallest absolute Gasteiger partial charge is 0.231 e. The summed E-state index contributed by atoms with van der Waals surface area (Å²) in [5.41, 5.74) is 6.72. The van der Waals surface area contributed by atoms with Crippen molar-refractivity contribution in [2.45, 2.75) is 32.7 Å². The quantitative estimate of drug-likeness (QED) is 0.921. The van der Waals surface area contributed by atoms with Gasteiger partial charge in [0.25, 0.3) is 0 Å². The highest BCUT2D eigenvalue weighted by Gasteiger charge is 2.26. The first-order valence-electron chi connectivity index (χ1n) is 6.44. The first-order valence-corrected chi connectivity index (χ1v) is 7.19. The summed E-state index contributed by atoms with van der Waals surface area (Å²) in [7, 11) is 0. The van der Waals surface area contributed by atoms with E-state index in [9.17, 15) is 0 Å². The fourth-order valence-electron chi connectivity index (χ4n) is 2.29. The van der Waals surface area contributed by atoms with Crippen molar-refractivity contribution in [2.75, 3.05) is 0 Å². The number of hydrogen-bond acceptors (Lipinski definition) is 4. The molecule has 108 valence electrons. The van der Waals surface area contributed by atoms with Gasteiger partial charge in [-0.1, -0.05) is 42.2 Å². The van der Waals surface area contributed by atoms with Crippen molar-refractivity contribution < 1.29 is 4.52 Å². The largest absolute Gasteiger partial charge is 0.339 e. The van der Waals surface area contributed by atoms with Crippen molar-refractivity contribution in [1.82, 2.24) is 10.1 Å². The van der Waals surface area contributed by atoms with E-state index in [1.54, 1.807) is 18.2 Å². The first kappa shape index (κ1) is 15.3. The lowest BCUT2D eigenvalue weighted by atomic mass is 9.90. The Kier molecular flexibility index (Phi) is 4.68. The maximum Gasteiger partial charge on any atom is 0.231 e. The maximum absolute atomic E-state index is 6.00. The van der Waals surface area contributed by atoms with Crippen molar-refractivity contribution in [2.24, 2.45) is 11.7 Å². The molecule has 2 aromatic rings. The summed E-state index contributed by atoms with van der Waals surface area (Å²) in [6.07, 6.45) is 0. The second-order valence-corrected chi connectivity index (χ2v) is 6.12. The predicted octanol–water partition coefficient (Wildman–Crippen LogP) is 4.13. The predicted molar refractivity (Wildman–Crippen MR) is 81.0 cm³/mol. The van der Waals surface area contributed by atoms with Gasteiger partial charge in [-0.3, -0.25) is 0 Å². The molecule has 1 heterocycles. The normalized spacial score (nSPS) is 14.6. The molecule has 0 bridgehead atoms. The number of hydrogen-bond donors (Lipinski definition) is 1. The number of nitrogens with zero attached hydrogens (tertiary/aromatic N) is 2. The summed E-state index contributed by atoms with van der Waals surface area (Å²) in [5.74, 6) is 1.34. The van der Waals surface area contributed by atoms with E-state index in [1.807, 2.05) is 6.92 Å². The van der Waals surface area contributed by atoms with E-state index in [0.717, 1.165) is 5.56 Å². The highest BCUT2D eigenvalue weighted by Crippen LogP contribution is 2.29. The van der Waals surface area contributed by atoms with E-state index < -0.39 is 0 Å². The molecule has 6 heteroatoms. The molecular weight excluding hydrogens is 297 g/mol. The molecule has 0 spiro atoms. The number of rotatable bonds is 4. The van der Waals surface area contributed by atoms with Gasteiger partial charge in [-0.15, -0.1) is 0 Å². The van der Waals surface area contributed by atoms with Crippen LogP contribution in [0.25, 0.3) is 11.4 Å². The summed E-state index contributed by atoms with van der Waals surface area (Å²) in [5, 5.41) is 5.06. The molecule has 0 aliphatic heterocycles. The van der Waals surface area contributed by atoms with Crippen LogP contribution in [0.15, 0.2) is 22.7 Å². The van der Waals surface area contributed by atoms with E-state index in [2.05, 4.69) is 24.0 Å². The van der Waals surface area contributed by atoms with Crippen molar-refractivity contribution >= 4 is 23.2 Å². The molecule has 0 aliphatic carbocycles. The Morgan fingerprint density at radius 1 is 1.10 bits per heavy atom. The molecule has 20 heavy (non-hydrogen) atoms. The minimum absolute atomic E-state index is 0.0194. The Balaban J connectivity index is 2.37. The summed E-state index contributed by atoms with van der Waals surface area (Å²) in [4.78, 5) is 4.43. The fraction of sp³-hybridized carbons (Fsp3) is 0.429. The van der Waals surface area contributed by atoms with Crippen molar-refractivity contribution in [1.29, 1.82) is 0 Å². The molecule has 2 unspecified atom stereocenters. The van der Waals surface area contributed by atoms with Crippen LogP contribution in [0.4, 0.5) is 0 Å². The Hall–Kier alpha value is -1.10. The molecule has 0 radical (unpaired) electrons. The van der Waals surface area contributed by atoms with Gasteiger partial charge in [-0.2, -0.15) is 4.98 Å². The summed E-state index contributed by atoms with van der Waals surface area (Å²) in [6.45, 7) is 6.09. The zero-order chi connectivity index (χ0) is 14.9. The van der Waals surface area contributed by atoms with Crippen LogP contribution in [-0.2, 0) is 0 Å². The summed E-state index contributed by atoms with van der Waals surface area (Å²) >= 11 is 12.0. The molecule has 1 aromatic heterocycles. The number of halogens is 2. The zero-order valence-corrected chi connectivity index (χ0v) is 13.1. The van der Waals surface area contributed by atoms with Gasteiger partial charge < -0.3 is 10.3 Å². The second-order valence-electron chi connectivity index (χ2n) is 5.24. The van der Waals surface area contributed by atoms with Crippen LogP contribution in [0.5, 0.6) is 0 Å². The minimum Gasteiger partial charge on any atom is -0.339 e. The lowest BCUT2D eigenvalue weighted by Gasteiger charge is -2.20. The van der Waals surface area contributed by atoms with Gasteiger partial charge >= 0.3 is 0 Å². The Morgan fingerprint density at radius 3 is 2.20 bits per heavy atom. The Labute approximate surface area is 128 Å². The second kappa shape index (κ2) is 6.12. The topological polar surface area (TPSA) is 64.9 Å². The van der Waals surface area contributed by atoms with Crippen LogP contribution < -0.4 is 5.73 Å². The summed E-state index contributed by atoms with van der Waals surface area (Å²) in [6, 6.07) is 5.09. The highest BCUT2D eigenvalue weighted by molar-refractivity contribution is 6.35. The van der Waals surface area contributed by atoms with Gasteiger partial charge in [0.15, 0.2) is 0 Å².